The number of carbonyl (C=O) groups excluding carboxylic acids is 1. The third-order valence-corrected chi connectivity index (χ3v) is 4.65. The fourth-order valence-corrected chi connectivity index (χ4v) is 3.03. The van der Waals surface area contributed by atoms with Crippen molar-refractivity contribution < 1.29 is 22.4 Å². The lowest BCUT2D eigenvalue weighted by Crippen LogP contribution is -2.21. The molecule has 0 bridgehead atoms. The van der Waals surface area contributed by atoms with Gasteiger partial charge in [-0.1, -0.05) is 11.6 Å². The Morgan fingerprint density at radius 1 is 1.22 bits per heavy atom. The zero-order valence-electron chi connectivity index (χ0n) is 17.1. The minimum Gasteiger partial charge on any atom is -0.349 e. The molecule has 170 valence electrons. The summed E-state index contributed by atoms with van der Waals surface area (Å²) in [6.07, 6.45) is -2.62. The number of hydrogen-bond acceptors (Lipinski definition) is 5. The molecule has 0 radical (unpaired) electrons. The lowest BCUT2D eigenvalue weighted by molar-refractivity contribution is -0.140. The van der Waals surface area contributed by atoms with Crippen LogP contribution in [0.3, 0.4) is 0 Å². The summed E-state index contributed by atoms with van der Waals surface area (Å²) < 4.78 is 54.1. The van der Waals surface area contributed by atoms with Crippen molar-refractivity contribution in [3.63, 3.8) is 0 Å². The first-order valence-electron chi connectivity index (χ1n) is 9.45. The van der Waals surface area contributed by atoms with Crippen LogP contribution in [0.25, 0.3) is 11.4 Å². The fourth-order valence-electron chi connectivity index (χ4n) is 2.86. The minimum atomic E-state index is -4.84. The number of benzene rings is 1. The van der Waals surface area contributed by atoms with E-state index in [1.807, 2.05) is 0 Å². The zero-order chi connectivity index (χ0) is 23.5. The molecule has 0 aliphatic heterocycles. The molecule has 0 unspecified atom stereocenters. The van der Waals surface area contributed by atoms with E-state index in [1.165, 1.54) is 15.8 Å². The predicted octanol–water partition coefficient (Wildman–Crippen LogP) is 4.76. The molecule has 0 aliphatic rings. The van der Waals surface area contributed by atoms with E-state index in [4.69, 9.17) is 11.6 Å². The van der Waals surface area contributed by atoms with Crippen LogP contribution in [0, 0.1) is 5.82 Å². The third-order valence-electron chi connectivity index (χ3n) is 4.44. The van der Waals surface area contributed by atoms with Crippen LogP contribution in [0.15, 0.2) is 36.5 Å². The van der Waals surface area contributed by atoms with Gasteiger partial charge in [0, 0.05) is 44.5 Å². The van der Waals surface area contributed by atoms with E-state index in [1.54, 1.807) is 26.2 Å². The van der Waals surface area contributed by atoms with Gasteiger partial charge in [-0.15, -0.1) is 5.10 Å². The normalized spacial score (nSPS) is 11.5. The first kappa shape index (κ1) is 23.5. The Labute approximate surface area is 186 Å². The first-order chi connectivity index (χ1) is 15.0. The molecular weight excluding hydrogens is 452 g/mol. The lowest BCUT2D eigenvalue weighted by atomic mass is 10.2. The number of pyridine rings is 1. The Morgan fingerprint density at radius 3 is 2.62 bits per heavy atom. The Kier molecular flexibility index (Phi) is 6.97. The van der Waals surface area contributed by atoms with Crippen LogP contribution in [0.2, 0.25) is 5.15 Å². The number of hydrogen-bond donors (Lipinski definition) is 1. The number of nitrogens with one attached hydrogen (secondary N) is 1. The highest BCUT2D eigenvalue weighted by Gasteiger charge is 2.34. The standard InChI is InChI=1S/C20H19ClF4N6O/c1-30(2)17(32)4-3-9-31-18(12-7-8-26-16(21)10-12)28-19(29-31)27-13-5-6-15(22)14(11-13)20(23,24)25/h5-8,10-11H,3-4,9H2,1-2H3,(H,27,29). The fraction of sp³-hybridized carbons (Fsp3) is 0.300. The zero-order valence-corrected chi connectivity index (χ0v) is 17.9. The van der Waals surface area contributed by atoms with E-state index in [2.05, 4.69) is 20.4 Å². The maximum absolute atomic E-state index is 13.6. The monoisotopic (exact) mass is 470 g/mol. The number of halogens is 5. The molecular formula is C20H19ClF4N6O. The molecule has 2 heterocycles. The molecule has 2 aromatic heterocycles. The van der Waals surface area contributed by atoms with Crippen molar-refractivity contribution in [2.24, 2.45) is 0 Å². The number of rotatable bonds is 7. The van der Waals surface area contributed by atoms with Crippen molar-refractivity contribution in [1.82, 2.24) is 24.6 Å². The van der Waals surface area contributed by atoms with Crippen molar-refractivity contribution in [1.29, 1.82) is 0 Å². The Morgan fingerprint density at radius 2 is 1.97 bits per heavy atom. The van der Waals surface area contributed by atoms with Gasteiger partial charge in [0.2, 0.25) is 11.9 Å². The molecule has 0 saturated carbocycles. The molecule has 3 rings (SSSR count). The summed E-state index contributed by atoms with van der Waals surface area (Å²) in [6.45, 7) is 0.320. The van der Waals surface area contributed by atoms with Gasteiger partial charge in [0.1, 0.15) is 11.0 Å². The molecule has 1 amide bonds. The van der Waals surface area contributed by atoms with Gasteiger partial charge in [-0.3, -0.25) is 4.79 Å². The van der Waals surface area contributed by atoms with E-state index in [0.29, 0.717) is 30.4 Å². The van der Waals surface area contributed by atoms with E-state index >= 15 is 0 Å². The summed E-state index contributed by atoms with van der Waals surface area (Å²) in [4.78, 5) is 21.6. The average Bonchev–Trinajstić information content (AvgIpc) is 3.11. The van der Waals surface area contributed by atoms with E-state index in [0.717, 1.165) is 12.1 Å². The lowest BCUT2D eigenvalue weighted by Gasteiger charge is -2.10. The summed E-state index contributed by atoms with van der Waals surface area (Å²) in [7, 11) is 3.31. The predicted molar refractivity (Wildman–Crippen MR) is 111 cm³/mol. The van der Waals surface area contributed by atoms with Crippen LogP contribution >= 0.6 is 11.6 Å². The molecule has 1 aromatic carbocycles. The molecule has 0 saturated heterocycles. The number of nitrogens with zero attached hydrogens (tertiary/aromatic N) is 5. The Bertz CT molecular complexity index is 1120. The van der Waals surface area contributed by atoms with Gasteiger partial charge in [-0.25, -0.2) is 14.1 Å². The molecule has 12 heteroatoms. The topological polar surface area (TPSA) is 75.9 Å². The van der Waals surface area contributed by atoms with Gasteiger partial charge in [-0.05, 0) is 36.8 Å². The second-order valence-corrected chi connectivity index (χ2v) is 7.45. The highest BCUT2D eigenvalue weighted by Crippen LogP contribution is 2.33. The quantitative estimate of drug-likeness (QED) is 0.398. The number of aryl methyl sites for hydroxylation is 1. The van der Waals surface area contributed by atoms with E-state index in [9.17, 15) is 22.4 Å². The summed E-state index contributed by atoms with van der Waals surface area (Å²) >= 11 is 5.96. The highest BCUT2D eigenvalue weighted by molar-refractivity contribution is 6.29. The highest BCUT2D eigenvalue weighted by atomic mass is 35.5. The van der Waals surface area contributed by atoms with Gasteiger partial charge in [0.05, 0.1) is 5.56 Å². The van der Waals surface area contributed by atoms with Crippen LogP contribution < -0.4 is 5.32 Å². The van der Waals surface area contributed by atoms with Crippen LogP contribution in [0.4, 0.5) is 29.2 Å². The van der Waals surface area contributed by atoms with Crippen molar-refractivity contribution in [2.45, 2.75) is 25.6 Å². The number of alkyl halides is 3. The molecule has 0 aliphatic carbocycles. The third kappa shape index (κ3) is 5.72. The largest absolute Gasteiger partial charge is 0.419 e. The van der Waals surface area contributed by atoms with Crippen molar-refractivity contribution in [3.05, 3.63) is 53.1 Å². The molecule has 3 aromatic rings. The maximum atomic E-state index is 13.6. The van der Waals surface area contributed by atoms with Gasteiger partial charge < -0.3 is 10.2 Å². The SMILES string of the molecule is CN(C)C(=O)CCCn1nc(Nc2ccc(F)c(C(F)(F)F)c2)nc1-c1ccnc(Cl)c1. The average molecular weight is 471 g/mol. The maximum Gasteiger partial charge on any atom is 0.419 e. The summed E-state index contributed by atoms with van der Waals surface area (Å²) in [5.41, 5.74) is -0.845. The van der Waals surface area contributed by atoms with Gasteiger partial charge in [0.15, 0.2) is 5.82 Å². The summed E-state index contributed by atoms with van der Waals surface area (Å²) in [6, 6.07) is 5.74. The minimum absolute atomic E-state index is 0.00611. The smallest absolute Gasteiger partial charge is 0.349 e. The summed E-state index contributed by atoms with van der Waals surface area (Å²) in [5.74, 6) is -1.04. The molecule has 0 spiro atoms. The Balaban J connectivity index is 1.89. The molecule has 0 atom stereocenters. The molecule has 7 nitrogen and oxygen atoms in total. The van der Waals surface area contributed by atoms with Gasteiger partial charge in [-0.2, -0.15) is 18.2 Å². The second-order valence-electron chi connectivity index (χ2n) is 7.06. The number of anilines is 2. The first-order valence-corrected chi connectivity index (χ1v) is 9.83. The number of carbonyl (C=O) groups is 1. The van der Waals surface area contributed by atoms with Gasteiger partial charge in [0.25, 0.3) is 0 Å². The van der Waals surface area contributed by atoms with E-state index in [-0.39, 0.29) is 29.1 Å². The number of amides is 1. The summed E-state index contributed by atoms with van der Waals surface area (Å²) in [5, 5.41) is 7.20. The van der Waals surface area contributed by atoms with E-state index < -0.39 is 17.6 Å². The van der Waals surface area contributed by atoms with Crippen LogP contribution in [0.1, 0.15) is 18.4 Å². The molecule has 32 heavy (non-hydrogen) atoms. The van der Waals surface area contributed by atoms with Gasteiger partial charge >= 0.3 is 6.18 Å². The molecule has 0 fully saturated rings. The second kappa shape index (κ2) is 9.51. The van der Waals surface area contributed by atoms with Crippen LogP contribution in [-0.4, -0.2) is 44.7 Å². The van der Waals surface area contributed by atoms with Crippen molar-refractivity contribution in [3.8, 4) is 11.4 Å². The number of aromatic nitrogens is 4. The van der Waals surface area contributed by atoms with Crippen molar-refractivity contribution >= 4 is 29.1 Å². The van der Waals surface area contributed by atoms with Crippen molar-refractivity contribution in [2.75, 3.05) is 19.4 Å². The van der Waals surface area contributed by atoms with Crippen LogP contribution in [0.5, 0.6) is 0 Å². The van der Waals surface area contributed by atoms with Crippen LogP contribution in [-0.2, 0) is 17.5 Å². The molecule has 1 N–H and O–H groups in total. The Hall–Kier alpha value is -3.21.